The molecule has 0 amide bonds. The van der Waals surface area contributed by atoms with Crippen LogP contribution in [-0.4, -0.2) is 67.8 Å². The van der Waals surface area contributed by atoms with Crippen LogP contribution in [0.4, 0.5) is 13.2 Å². The molecule has 1 N–H and O–H groups in total. The number of rotatable bonds is 8. The van der Waals surface area contributed by atoms with Crippen molar-refractivity contribution in [2.75, 3.05) is 45.8 Å². The van der Waals surface area contributed by atoms with Gasteiger partial charge in [-0.15, -0.1) is 0 Å². The van der Waals surface area contributed by atoms with Crippen LogP contribution in [-0.2, 0) is 0 Å². The van der Waals surface area contributed by atoms with Crippen LogP contribution in [0.25, 0.3) is 0 Å². The summed E-state index contributed by atoms with van der Waals surface area (Å²) < 4.78 is 37.1. The highest BCUT2D eigenvalue weighted by atomic mass is 19.4. The molecule has 0 aromatic rings. The van der Waals surface area contributed by atoms with Gasteiger partial charge in [0.1, 0.15) is 0 Å². The lowest BCUT2D eigenvalue weighted by atomic mass is 9.98. The molecule has 1 aliphatic heterocycles. The van der Waals surface area contributed by atoms with Crippen LogP contribution in [0.5, 0.6) is 0 Å². The highest BCUT2D eigenvalue weighted by molar-refractivity contribution is 4.81. The molecule has 21 heavy (non-hydrogen) atoms. The normalized spacial score (nSPS) is 21.4. The average molecular weight is 309 g/mol. The number of hydrogen-bond acceptors (Lipinski definition) is 3. The fourth-order valence-corrected chi connectivity index (χ4v) is 2.72. The molecule has 1 heterocycles. The molecule has 1 aliphatic rings. The highest BCUT2D eigenvalue weighted by Gasteiger charge is 2.32. The maximum absolute atomic E-state index is 12.4. The van der Waals surface area contributed by atoms with Gasteiger partial charge in [0.05, 0.1) is 6.54 Å². The van der Waals surface area contributed by atoms with Crippen LogP contribution in [0.3, 0.4) is 0 Å². The molecule has 2 unspecified atom stereocenters. The molecule has 0 radical (unpaired) electrons. The van der Waals surface area contributed by atoms with E-state index in [1.807, 2.05) is 0 Å². The molecule has 126 valence electrons. The van der Waals surface area contributed by atoms with Gasteiger partial charge in [0, 0.05) is 38.8 Å². The fraction of sp³-hybridized carbons (Fsp3) is 1.00. The number of nitrogens with one attached hydrogen (secondary N) is 1. The van der Waals surface area contributed by atoms with Crippen molar-refractivity contribution < 1.29 is 13.2 Å². The van der Waals surface area contributed by atoms with E-state index in [4.69, 9.17) is 0 Å². The Balaban J connectivity index is 2.38. The second-order valence-corrected chi connectivity index (χ2v) is 6.14. The van der Waals surface area contributed by atoms with Gasteiger partial charge in [0.15, 0.2) is 0 Å². The summed E-state index contributed by atoms with van der Waals surface area (Å²) in [4.78, 5) is 3.81. The van der Waals surface area contributed by atoms with E-state index in [1.165, 1.54) is 4.90 Å². The number of halogens is 3. The van der Waals surface area contributed by atoms with Crippen molar-refractivity contribution >= 4 is 0 Å². The second kappa shape index (κ2) is 8.96. The third kappa shape index (κ3) is 7.47. The molecular formula is C15H30F3N3. The van der Waals surface area contributed by atoms with E-state index < -0.39 is 12.7 Å². The molecular weight excluding hydrogens is 279 g/mol. The van der Waals surface area contributed by atoms with E-state index >= 15 is 0 Å². The molecule has 2 atom stereocenters. The molecule has 6 heteroatoms. The van der Waals surface area contributed by atoms with Gasteiger partial charge in [-0.3, -0.25) is 9.80 Å². The number of alkyl halides is 3. The number of hydrogen-bond donors (Lipinski definition) is 1. The van der Waals surface area contributed by atoms with E-state index in [-0.39, 0.29) is 0 Å². The van der Waals surface area contributed by atoms with Gasteiger partial charge in [-0.1, -0.05) is 27.2 Å². The van der Waals surface area contributed by atoms with Crippen LogP contribution in [0.1, 0.15) is 33.6 Å². The lowest BCUT2D eigenvalue weighted by Crippen LogP contribution is -2.53. The first kappa shape index (κ1) is 18.7. The first-order valence-electron chi connectivity index (χ1n) is 8.10. The Labute approximate surface area is 126 Å². The highest BCUT2D eigenvalue weighted by Crippen LogP contribution is 2.18. The SMILES string of the molecule is CCCNC(CN1CCN(CC(F)(F)F)CC1)C(C)CC. The topological polar surface area (TPSA) is 18.5 Å². The zero-order valence-electron chi connectivity index (χ0n) is 13.5. The van der Waals surface area contributed by atoms with E-state index in [9.17, 15) is 13.2 Å². The largest absolute Gasteiger partial charge is 0.401 e. The van der Waals surface area contributed by atoms with Crippen molar-refractivity contribution in [2.45, 2.75) is 45.8 Å². The number of nitrogens with zero attached hydrogens (tertiary/aromatic N) is 2. The Bertz CT molecular complexity index is 276. The van der Waals surface area contributed by atoms with Gasteiger partial charge in [0.2, 0.25) is 0 Å². The predicted molar refractivity (Wildman–Crippen MR) is 80.5 cm³/mol. The van der Waals surface area contributed by atoms with Gasteiger partial charge in [-0.2, -0.15) is 13.2 Å². The molecule has 0 spiro atoms. The summed E-state index contributed by atoms with van der Waals surface area (Å²) in [5, 5.41) is 3.58. The van der Waals surface area contributed by atoms with Crippen molar-refractivity contribution in [3.05, 3.63) is 0 Å². The van der Waals surface area contributed by atoms with Gasteiger partial charge in [0.25, 0.3) is 0 Å². The summed E-state index contributed by atoms with van der Waals surface area (Å²) in [6.45, 7) is 10.2. The molecule has 1 fully saturated rings. The zero-order chi connectivity index (χ0) is 15.9. The van der Waals surface area contributed by atoms with E-state index in [2.05, 4.69) is 31.0 Å². The van der Waals surface area contributed by atoms with E-state index in [0.717, 1.165) is 39.0 Å². The maximum Gasteiger partial charge on any atom is 0.401 e. The standard InChI is InChI=1S/C15H30F3N3/c1-4-6-19-14(13(3)5-2)11-20-7-9-21(10-8-20)12-15(16,17)18/h13-14,19H,4-12H2,1-3H3. The number of piperazine rings is 1. The lowest BCUT2D eigenvalue weighted by Gasteiger charge is -2.38. The van der Waals surface area contributed by atoms with Crippen LogP contribution in [0.15, 0.2) is 0 Å². The van der Waals surface area contributed by atoms with Gasteiger partial charge >= 0.3 is 6.18 Å². The fourth-order valence-electron chi connectivity index (χ4n) is 2.72. The second-order valence-electron chi connectivity index (χ2n) is 6.14. The molecule has 3 nitrogen and oxygen atoms in total. The van der Waals surface area contributed by atoms with Crippen LogP contribution in [0.2, 0.25) is 0 Å². The lowest BCUT2D eigenvalue weighted by molar-refractivity contribution is -0.149. The van der Waals surface area contributed by atoms with Gasteiger partial charge in [-0.25, -0.2) is 0 Å². The molecule has 0 aliphatic carbocycles. The smallest absolute Gasteiger partial charge is 0.312 e. The summed E-state index contributed by atoms with van der Waals surface area (Å²) in [7, 11) is 0. The Morgan fingerprint density at radius 1 is 1.05 bits per heavy atom. The molecule has 1 saturated heterocycles. The molecule has 0 aromatic heterocycles. The Kier molecular flexibility index (Phi) is 7.98. The summed E-state index contributed by atoms with van der Waals surface area (Å²) in [5.74, 6) is 0.588. The molecule has 0 saturated carbocycles. The van der Waals surface area contributed by atoms with Crippen LogP contribution < -0.4 is 5.32 Å². The summed E-state index contributed by atoms with van der Waals surface area (Å²) in [6, 6.07) is 0.434. The third-order valence-corrected chi connectivity index (χ3v) is 4.31. The Hall–Kier alpha value is -0.330. The van der Waals surface area contributed by atoms with Crippen molar-refractivity contribution in [1.82, 2.24) is 15.1 Å². The quantitative estimate of drug-likeness (QED) is 0.743. The van der Waals surface area contributed by atoms with E-state index in [0.29, 0.717) is 25.0 Å². The van der Waals surface area contributed by atoms with E-state index in [1.54, 1.807) is 0 Å². The first-order valence-corrected chi connectivity index (χ1v) is 8.10. The molecule has 1 rings (SSSR count). The summed E-state index contributed by atoms with van der Waals surface area (Å²) >= 11 is 0. The first-order chi connectivity index (χ1) is 9.85. The predicted octanol–water partition coefficient (Wildman–Crippen LogP) is 2.58. The van der Waals surface area contributed by atoms with Crippen molar-refractivity contribution in [2.24, 2.45) is 5.92 Å². The van der Waals surface area contributed by atoms with Gasteiger partial charge < -0.3 is 5.32 Å². The summed E-state index contributed by atoms with van der Waals surface area (Å²) in [6.07, 6.45) is -1.86. The minimum Gasteiger partial charge on any atom is -0.312 e. The summed E-state index contributed by atoms with van der Waals surface area (Å²) in [5.41, 5.74) is 0. The zero-order valence-corrected chi connectivity index (χ0v) is 13.5. The third-order valence-electron chi connectivity index (χ3n) is 4.31. The van der Waals surface area contributed by atoms with Gasteiger partial charge in [-0.05, 0) is 18.9 Å². The van der Waals surface area contributed by atoms with Crippen molar-refractivity contribution in [1.29, 1.82) is 0 Å². The molecule has 0 bridgehead atoms. The Morgan fingerprint density at radius 3 is 2.10 bits per heavy atom. The maximum atomic E-state index is 12.4. The average Bonchev–Trinajstić information content (AvgIpc) is 2.42. The minimum atomic E-state index is -4.08. The monoisotopic (exact) mass is 309 g/mol. The van der Waals surface area contributed by atoms with Crippen LogP contribution >= 0.6 is 0 Å². The molecule has 0 aromatic carbocycles. The minimum absolute atomic E-state index is 0.434. The van der Waals surface area contributed by atoms with Crippen molar-refractivity contribution in [3.63, 3.8) is 0 Å². The van der Waals surface area contributed by atoms with Crippen molar-refractivity contribution in [3.8, 4) is 0 Å². The van der Waals surface area contributed by atoms with Crippen LogP contribution in [0, 0.1) is 5.92 Å². The Morgan fingerprint density at radius 2 is 1.62 bits per heavy atom.